The van der Waals surface area contributed by atoms with Crippen molar-refractivity contribution in [2.24, 2.45) is 0 Å². The minimum Gasteiger partial charge on any atom is -0.355 e. The van der Waals surface area contributed by atoms with Gasteiger partial charge in [0, 0.05) is 22.2 Å². The Morgan fingerprint density at radius 3 is 1.90 bits per heavy atom. The maximum Gasteiger partial charge on any atom is 0.0467 e. The number of benzene rings is 7. The summed E-state index contributed by atoms with van der Waals surface area (Å²) in [5.74, 6) is 0. The minimum atomic E-state index is -0.0482. The van der Waals surface area contributed by atoms with Gasteiger partial charge in [0.25, 0.3) is 0 Å². The molecule has 0 amide bonds. The summed E-state index contributed by atoms with van der Waals surface area (Å²) in [5, 5.41) is 11.5. The summed E-state index contributed by atoms with van der Waals surface area (Å²) in [7, 11) is 0. The second kappa shape index (κ2) is 8.56. The molecule has 7 aromatic rings. The zero-order valence-electron chi connectivity index (χ0n) is 22.7. The van der Waals surface area contributed by atoms with E-state index in [4.69, 9.17) is 0 Å². The van der Waals surface area contributed by atoms with Crippen molar-refractivity contribution in [2.75, 3.05) is 5.32 Å². The van der Waals surface area contributed by atoms with Crippen molar-refractivity contribution in [2.45, 2.75) is 19.3 Å². The molecule has 0 spiro atoms. The van der Waals surface area contributed by atoms with E-state index in [1.54, 1.807) is 0 Å². The predicted molar refractivity (Wildman–Crippen MR) is 172 cm³/mol. The molecule has 0 saturated heterocycles. The average Bonchev–Trinajstić information content (AvgIpc) is 3.23. The third-order valence-electron chi connectivity index (χ3n) is 8.83. The molecule has 1 aliphatic rings. The summed E-state index contributed by atoms with van der Waals surface area (Å²) in [4.78, 5) is 0. The van der Waals surface area contributed by atoms with Crippen LogP contribution in [0.25, 0.3) is 54.6 Å². The molecule has 0 fully saturated rings. The maximum absolute atomic E-state index is 3.79. The van der Waals surface area contributed by atoms with Crippen LogP contribution in [-0.2, 0) is 5.41 Å². The van der Waals surface area contributed by atoms with Crippen LogP contribution in [0.3, 0.4) is 0 Å². The van der Waals surface area contributed by atoms with Crippen LogP contribution in [-0.4, -0.2) is 0 Å². The first kappa shape index (κ1) is 23.0. The fourth-order valence-corrected chi connectivity index (χ4v) is 6.83. The monoisotopic (exact) mass is 511 g/mol. The van der Waals surface area contributed by atoms with Crippen LogP contribution in [0.2, 0.25) is 0 Å². The van der Waals surface area contributed by atoms with Gasteiger partial charge in [0.05, 0.1) is 0 Å². The van der Waals surface area contributed by atoms with Gasteiger partial charge < -0.3 is 5.32 Å². The molecule has 1 nitrogen and oxygen atoms in total. The number of rotatable bonds is 3. The van der Waals surface area contributed by atoms with Gasteiger partial charge in [-0.2, -0.15) is 0 Å². The van der Waals surface area contributed by atoms with Crippen LogP contribution in [0.4, 0.5) is 11.4 Å². The van der Waals surface area contributed by atoms with Gasteiger partial charge in [-0.05, 0) is 84.6 Å². The number of hydrogen-bond acceptors (Lipinski definition) is 1. The number of hydrogen-bond donors (Lipinski definition) is 1. The van der Waals surface area contributed by atoms with Crippen LogP contribution >= 0.6 is 0 Å². The standard InChI is InChI=1S/C39H29N/c1-39(2)35-18-10-9-17-33(35)38-32-16-8-7-15-31(32)37(24-36(38)39)40-27-21-19-25(20-22-27)34-23-26-11-3-4-12-28(26)29-13-5-6-14-30(29)34/h3-24,40H,1-2H3. The lowest BCUT2D eigenvalue weighted by Crippen LogP contribution is -2.15. The Hall–Kier alpha value is -4.88. The first-order chi connectivity index (χ1) is 19.6. The van der Waals surface area contributed by atoms with E-state index < -0.39 is 0 Å². The fraction of sp³-hybridized carbons (Fsp3) is 0.0769. The maximum atomic E-state index is 3.79. The molecule has 7 aromatic carbocycles. The SMILES string of the molecule is CC1(C)c2ccccc2-c2c1cc(Nc1ccc(-c3cc4ccccc4c4ccccc34)cc1)c1ccccc21. The second-order valence-electron chi connectivity index (χ2n) is 11.5. The zero-order chi connectivity index (χ0) is 26.8. The lowest BCUT2D eigenvalue weighted by Gasteiger charge is -2.23. The highest BCUT2D eigenvalue weighted by Gasteiger charge is 2.36. The molecule has 0 aliphatic heterocycles. The number of nitrogens with one attached hydrogen (secondary N) is 1. The predicted octanol–water partition coefficient (Wildman–Crippen LogP) is 10.9. The van der Waals surface area contributed by atoms with Crippen LogP contribution in [0.5, 0.6) is 0 Å². The molecule has 1 aliphatic carbocycles. The first-order valence-corrected chi connectivity index (χ1v) is 14.0. The molecule has 1 N–H and O–H groups in total. The van der Waals surface area contributed by atoms with E-state index in [0.717, 1.165) is 11.4 Å². The number of anilines is 2. The Kier molecular flexibility index (Phi) is 4.93. The van der Waals surface area contributed by atoms with Crippen molar-refractivity contribution in [1.29, 1.82) is 0 Å². The van der Waals surface area contributed by atoms with Gasteiger partial charge in [-0.3, -0.25) is 0 Å². The highest BCUT2D eigenvalue weighted by atomic mass is 14.9. The largest absolute Gasteiger partial charge is 0.355 e. The minimum absolute atomic E-state index is 0.0482. The van der Waals surface area contributed by atoms with Crippen LogP contribution < -0.4 is 5.32 Å². The summed E-state index contributed by atoms with van der Waals surface area (Å²) in [5.41, 5.74) is 10.2. The molecule has 0 bridgehead atoms. The molecule has 0 heterocycles. The molecule has 40 heavy (non-hydrogen) atoms. The topological polar surface area (TPSA) is 12.0 Å². The molecule has 190 valence electrons. The smallest absolute Gasteiger partial charge is 0.0467 e. The highest BCUT2D eigenvalue weighted by Crippen LogP contribution is 2.52. The van der Waals surface area contributed by atoms with Crippen LogP contribution in [0, 0.1) is 0 Å². The molecule has 0 saturated carbocycles. The third-order valence-corrected chi connectivity index (χ3v) is 8.83. The van der Waals surface area contributed by atoms with E-state index >= 15 is 0 Å². The molecule has 0 atom stereocenters. The third kappa shape index (κ3) is 3.34. The van der Waals surface area contributed by atoms with Gasteiger partial charge >= 0.3 is 0 Å². The van der Waals surface area contributed by atoms with E-state index in [9.17, 15) is 0 Å². The number of fused-ring (bicyclic) bond motifs is 8. The Bertz CT molecular complexity index is 2100. The Morgan fingerprint density at radius 1 is 0.475 bits per heavy atom. The van der Waals surface area contributed by atoms with E-state index in [0.29, 0.717) is 0 Å². The molecule has 0 radical (unpaired) electrons. The molecule has 8 rings (SSSR count). The van der Waals surface area contributed by atoms with Crippen molar-refractivity contribution in [3.63, 3.8) is 0 Å². The first-order valence-electron chi connectivity index (χ1n) is 14.0. The summed E-state index contributed by atoms with van der Waals surface area (Å²) in [6.45, 7) is 4.69. The molecule has 0 aromatic heterocycles. The van der Waals surface area contributed by atoms with E-state index in [-0.39, 0.29) is 5.41 Å². The van der Waals surface area contributed by atoms with Gasteiger partial charge in [-0.15, -0.1) is 0 Å². The van der Waals surface area contributed by atoms with Gasteiger partial charge in [-0.1, -0.05) is 123 Å². The van der Waals surface area contributed by atoms with Crippen molar-refractivity contribution in [1.82, 2.24) is 0 Å². The van der Waals surface area contributed by atoms with Crippen LogP contribution in [0.15, 0.2) is 133 Å². The van der Waals surface area contributed by atoms with E-state index in [2.05, 4.69) is 153 Å². The van der Waals surface area contributed by atoms with Crippen molar-refractivity contribution in [3.8, 4) is 22.3 Å². The van der Waals surface area contributed by atoms with E-state index in [1.165, 1.54) is 65.7 Å². The van der Waals surface area contributed by atoms with Crippen molar-refractivity contribution < 1.29 is 0 Å². The van der Waals surface area contributed by atoms with E-state index in [1.807, 2.05) is 0 Å². The Labute approximate surface area is 234 Å². The van der Waals surface area contributed by atoms with Gasteiger partial charge in [0.15, 0.2) is 0 Å². The van der Waals surface area contributed by atoms with Gasteiger partial charge in [0.1, 0.15) is 0 Å². The quantitative estimate of drug-likeness (QED) is 0.233. The molecule has 0 unspecified atom stereocenters. The second-order valence-corrected chi connectivity index (χ2v) is 11.5. The van der Waals surface area contributed by atoms with Crippen LogP contribution in [0.1, 0.15) is 25.0 Å². The summed E-state index contributed by atoms with van der Waals surface area (Å²) in [6.07, 6.45) is 0. The Morgan fingerprint density at radius 2 is 1.10 bits per heavy atom. The Balaban J connectivity index is 1.23. The normalized spacial score (nSPS) is 13.4. The average molecular weight is 512 g/mol. The lowest BCUT2D eigenvalue weighted by atomic mass is 9.81. The molecule has 1 heteroatoms. The zero-order valence-corrected chi connectivity index (χ0v) is 22.7. The van der Waals surface area contributed by atoms with Crippen molar-refractivity contribution in [3.05, 3.63) is 145 Å². The highest BCUT2D eigenvalue weighted by molar-refractivity contribution is 6.14. The summed E-state index contributed by atoms with van der Waals surface area (Å²) in [6, 6.07) is 48.7. The fourth-order valence-electron chi connectivity index (χ4n) is 6.83. The lowest BCUT2D eigenvalue weighted by molar-refractivity contribution is 0.661. The van der Waals surface area contributed by atoms with Gasteiger partial charge in [-0.25, -0.2) is 0 Å². The summed E-state index contributed by atoms with van der Waals surface area (Å²) < 4.78 is 0. The summed E-state index contributed by atoms with van der Waals surface area (Å²) >= 11 is 0. The molecular formula is C39H29N. The van der Waals surface area contributed by atoms with Gasteiger partial charge in [0.2, 0.25) is 0 Å². The van der Waals surface area contributed by atoms with Crippen molar-refractivity contribution >= 4 is 43.7 Å². The molecular weight excluding hydrogens is 482 g/mol.